The van der Waals surface area contributed by atoms with Crippen molar-refractivity contribution in [2.75, 3.05) is 9.80 Å². The number of imidazole rings is 1. The first kappa shape index (κ1) is 77.8. The number of thiophene rings is 1. The summed E-state index contributed by atoms with van der Waals surface area (Å²) in [6.07, 6.45) is 15.2. The van der Waals surface area contributed by atoms with Gasteiger partial charge in [-0.1, -0.05) is 224 Å². The van der Waals surface area contributed by atoms with Crippen LogP contribution in [0, 0.1) is 32.6 Å². The molecule has 0 unspecified atom stereocenters. The van der Waals surface area contributed by atoms with E-state index in [4.69, 9.17) is 0 Å². The molecular formula is C102H101IrN7SSi2+3. The van der Waals surface area contributed by atoms with Crippen LogP contribution in [0.5, 0.6) is 0 Å². The van der Waals surface area contributed by atoms with Crippen molar-refractivity contribution in [2.24, 2.45) is 0 Å². The quantitative estimate of drug-likeness (QED) is 0.0778. The number of pyridine rings is 3. The summed E-state index contributed by atoms with van der Waals surface area (Å²) in [5.74, 6) is 1.86. The molecule has 4 bridgehead atoms. The van der Waals surface area contributed by atoms with Crippen LogP contribution in [0.15, 0.2) is 292 Å². The maximum atomic E-state index is 4.60. The van der Waals surface area contributed by atoms with Crippen LogP contribution >= 0.6 is 11.3 Å². The summed E-state index contributed by atoms with van der Waals surface area (Å²) in [6, 6.07) is 101. The van der Waals surface area contributed by atoms with Crippen molar-refractivity contribution >= 4 is 80.9 Å². The van der Waals surface area contributed by atoms with Gasteiger partial charge < -0.3 is 14.4 Å². The van der Waals surface area contributed by atoms with Gasteiger partial charge in [0.1, 0.15) is 4.70 Å². The summed E-state index contributed by atoms with van der Waals surface area (Å²) in [7, 11) is -2.47. The van der Waals surface area contributed by atoms with Crippen LogP contribution in [0.4, 0.5) is 11.4 Å². The molecule has 4 aliphatic carbocycles. The van der Waals surface area contributed by atoms with E-state index in [9.17, 15) is 0 Å². The molecule has 8 aliphatic rings. The molecule has 0 N–H and O–H groups in total. The van der Waals surface area contributed by atoms with Crippen LogP contribution in [-0.4, -0.2) is 25.7 Å². The van der Waals surface area contributed by atoms with E-state index in [-0.39, 0.29) is 20.1 Å². The van der Waals surface area contributed by atoms with Gasteiger partial charge in [0.2, 0.25) is 16.9 Å². The van der Waals surface area contributed by atoms with E-state index in [0.29, 0.717) is 11.8 Å². The van der Waals surface area contributed by atoms with Crippen LogP contribution in [0.3, 0.4) is 0 Å². The number of rotatable bonds is 10. The summed E-state index contributed by atoms with van der Waals surface area (Å²) in [4.78, 5) is 9.15. The van der Waals surface area contributed by atoms with Crippen LogP contribution in [0.2, 0.25) is 39.3 Å². The zero-order valence-electron chi connectivity index (χ0n) is 67.3. The van der Waals surface area contributed by atoms with Gasteiger partial charge in [-0.3, -0.25) is 4.98 Å². The van der Waals surface area contributed by atoms with E-state index in [0.717, 1.165) is 68.1 Å². The van der Waals surface area contributed by atoms with Crippen LogP contribution in [0.25, 0.3) is 71.3 Å². The molecule has 5 aromatic heterocycles. The second-order valence-electron chi connectivity index (χ2n) is 33.1. The predicted molar refractivity (Wildman–Crippen MR) is 474 cm³/mol. The summed E-state index contributed by atoms with van der Waals surface area (Å²) in [5.41, 5.74) is 32.0. The Morgan fingerprint density at radius 3 is 1.73 bits per heavy atom. The Morgan fingerprint density at radius 2 is 1.06 bits per heavy atom. The van der Waals surface area contributed by atoms with Crippen molar-refractivity contribution in [3.05, 3.63) is 383 Å². The predicted octanol–water partition coefficient (Wildman–Crippen LogP) is 22.3. The molecule has 0 saturated heterocycles. The molecule has 113 heavy (non-hydrogen) atoms. The molecular weight excluding hydrogens is 1600 g/mol. The minimum atomic E-state index is -1.24. The van der Waals surface area contributed by atoms with Gasteiger partial charge in [-0.15, -0.1) is 59.6 Å². The molecule has 11 heteroatoms. The van der Waals surface area contributed by atoms with Gasteiger partial charge in [0.05, 0.1) is 38.5 Å². The van der Waals surface area contributed by atoms with Crippen molar-refractivity contribution in [1.29, 1.82) is 0 Å². The molecule has 7 nitrogen and oxygen atoms in total. The molecule has 15 aromatic rings. The number of nitrogens with zero attached hydrogens (tertiary/aromatic N) is 7. The Balaban J connectivity index is 0.000000113. The molecule has 9 heterocycles. The van der Waals surface area contributed by atoms with Crippen molar-refractivity contribution in [1.82, 2.24) is 9.55 Å². The Bertz CT molecular complexity index is 5790. The smallest absolute Gasteiger partial charge is 0.493 e. The third-order valence-corrected chi connectivity index (χ3v) is 27.9. The van der Waals surface area contributed by atoms with Gasteiger partial charge in [-0.2, -0.15) is 44.0 Å². The van der Waals surface area contributed by atoms with Crippen molar-refractivity contribution in [2.45, 2.75) is 138 Å². The van der Waals surface area contributed by atoms with Crippen molar-refractivity contribution < 1.29 is 33.8 Å². The summed E-state index contributed by atoms with van der Waals surface area (Å²) < 4.78 is 12.3. The topological polar surface area (TPSA) is 35.9 Å². The van der Waals surface area contributed by atoms with Gasteiger partial charge in [-0.25, -0.2) is 0 Å². The standard InChI is InChI=1S/C29H24N2.C22H20N.C21H23N2.C18H26NSi2.C12H8NS.Ir/c1-22-13-9-11-19-26(22)28-29(27-20-12-10-14-23(27)2)31(25-17-7-4-8-18-25)21-30(28)24-15-5-3-6-16-24;1-2-14-23-15-20-18-10-8-16-4-6-17(7-5-16)9-11-19(13-12-18)22(20)21(23)3-1;1-15(2)18-11-8-12-19(16(3)4)20(18)23-14-13-22-21(23)17-9-6-5-7-10-17;1-20(2,3)15-8-7-14-12-19-13-16(21(4,5)6)9-10-18(19)17(14)11-15;1-3-8-7-13-6-2-5-10-12(13)11(8)9(4-1)14-10;/h3-17,19-21H,1-2H3;1-7,12-14H,8-11,15H2;5-9,11-16H,1-4H3;7-11,13H,12H2,1-6H3;1-6H,7H2;/q-2;+1;-1;2*+1;+3. The Hall–Kier alpha value is -10.5. The first-order valence-electron chi connectivity index (χ1n) is 40.0. The van der Waals surface area contributed by atoms with E-state index in [1.807, 2.05) is 47.9 Å². The van der Waals surface area contributed by atoms with E-state index in [1.54, 1.807) is 15.9 Å². The van der Waals surface area contributed by atoms with Crippen molar-refractivity contribution in [3.8, 4) is 39.6 Å². The molecule has 0 atom stereocenters. The molecule has 0 saturated carbocycles. The number of para-hydroxylation sites is 3. The first-order chi connectivity index (χ1) is 54.3. The number of anilines is 2. The van der Waals surface area contributed by atoms with E-state index in [2.05, 4.69) is 388 Å². The van der Waals surface area contributed by atoms with Crippen LogP contribution < -0.4 is 33.9 Å². The van der Waals surface area contributed by atoms with Gasteiger partial charge in [-0.05, 0) is 132 Å². The number of benzene rings is 10. The van der Waals surface area contributed by atoms with E-state index in [1.165, 1.54) is 127 Å². The minimum absolute atomic E-state index is 0. The fourth-order valence-electron chi connectivity index (χ4n) is 16.6. The molecule has 4 aliphatic heterocycles. The third kappa shape index (κ3) is 16.1. The summed E-state index contributed by atoms with van der Waals surface area (Å²) >= 11 is 1.90. The molecule has 0 fully saturated rings. The summed E-state index contributed by atoms with van der Waals surface area (Å²) in [5, 5.41) is 4.58. The normalized spacial score (nSPS) is 13.4. The van der Waals surface area contributed by atoms with Gasteiger partial charge >= 0.3 is 20.1 Å². The fraction of sp³-hybridized carbons (Fsp3) is 0.206. The average molecular weight is 1710 g/mol. The molecule has 0 amide bonds. The van der Waals surface area contributed by atoms with Crippen LogP contribution in [0.1, 0.15) is 112 Å². The number of aromatic nitrogens is 5. The number of hydrogen-bond acceptors (Lipinski definition) is 4. The molecule has 23 rings (SSSR count). The maximum Gasteiger partial charge on any atom is 3.00 e. The Kier molecular flexibility index (Phi) is 22.9. The fourth-order valence-corrected chi connectivity index (χ4v) is 20.1. The monoisotopic (exact) mass is 1700 g/mol. The Morgan fingerprint density at radius 1 is 0.469 bits per heavy atom. The zero-order valence-corrected chi connectivity index (χ0v) is 72.5. The molecule has 0 radical (unpaired) electrons. The van der Waals surface area contributed by atoms with Gasteiger partial charge in [0, 0.05) is 97.1 Å². The Labute approximate surface area is 689 Å². The SMILES string of the molecule is CC(C)c1cccc(C(C)C)c1-n1ccnc1-c1[c-]cccc1.C[Si](C)(C)c1ccc2c(c1)-c1ccc([Si](C)(C)C)c[n+]1C2.Cc1ccccc1C1=C(c2ccccc2C)N(c2ccccc2)[CH-]N1c1[c-]cccc1.[Ir+3].c1cc2c3c(c1)sc1ccc[n+](c13)C2.c1cc[n+]2c(c1)-c1c3ccc(c1C2)CCc1ccc(cc1)CC3. The second-order valence-corrected chi connectivity index (χ2v) is 44.3. The summed E-state index contributed by atoms with van der Waals surface area (Å²) in [6.45, 7) is 33.2. The number of fused-ring (bicyclic) bond motifs is 4. The van der Waals surface area contributed by atoms with E-state index < -0.39 is 16.1 Å². The third-order valence-electron chi connectivity index (χ3n) is 22.7. The minimum Gasteiger partial charge on any atom is -0.493 e. The maximum absolute atomic E-state index is 4.60. The first-order valence-corrected chi connectivity index (χ1v) is 47.8. The van der Waals surface area contributed by atoms with Gasteiger partial charge in [0.25, 0.3) is 0 Å². The van der Waals surface area contributed by atoms with Crippen molar-refractivity contribution in [3.63, 3.8) is 0 Å². The van der Waals surface area contributed by atoms with Crippen LogP contribution in [-0.2, 0) is 65.4 Å². The molecule has 0 spiro atoms. The number of hydrogen-bond donors (Lipinski definition) is 0. The molecule has 10 aromatic carbocycles. The largest absolute Gasteiger partial charge is 3.00 e. The second kappa shape index (κ2) is 33.3. The van der Waals surface area contributed by atoms with E-state index >= 15 is 0 Å². The zero-order chi connectivity index (χ0) is 77.4. The number of aryl methyl sites for hydroxylation is 6. The van der Waals surface area contributed by atoms with Gasteiger partial charge in [0.15, 0.2) is 38.2 Å². The average Bonchev–Trinajstić information content (AvgIpc) is 1.59. The molecule has 564 valence electrons.